The number of carbonyl (C=O) groups excluding carboxylic acids is 1. The van der Waals surface area contributed by atoms with E-state index in [0.29, 0.717) is 34.0 Å². The second kappa shape index (κ2) is 11.4. The third-order valence-electron chi connectivity index (χ3n) is 15.6. The molecule has 0 aromatic carbocycles. The van der Waals surface area contributed by atoms with Crippen LogP contribution in [0.5, 0.6) is 0 Å². The number of aliphatic carboxylic acids is 1. The predicted octanol–water partition coefficient (Wildman–Crippen LogP) is 9.06. The molecule has 0 aliphatic heterocycles. The first-order valence-electron chi connectivity index (χ1n) is 18.1. The minimum Gasteiger partial charge on any atom is -0.481 e. The average molecular weight is 612 g/mol. The van der Waals surface area contributed by atoms with Crippen LogP contribution < -0.4 is 5.32 Å². The van der Waals surface area contributed by atoms with Crippen LogP contribution in [-0.2, 0) is 14.3 Å². The maximum absolute atomic E-state index is 13.1. The molecular weight excluding hydrogens is 546 g/mol. The van der Waals surface area contributed by atoms with E-state index >= 15 is 0 Å². The summed E-state index contributed by atoms with van der Waals surface area (Å²) in [4.78, 5) is 24.5. The fraction of sp³-hybridized carbons (Fsp3) is 0.897. The molecule has 0 amide bonds. The molecule has 5 fully saturated rings. The van der Waals surface area contributed by atoms with E-state index in [2.05, 4.69) is 60.5 Å². The van der Waals surface area contributed by atoms with Crippen molar-refractivity contribution in [2.24, 2.45) is 62.1 Å². The number of carboxylic acid groups (broad SMARTS) is 1. The SMILES string of the molecule is C=C(C)[C@@H]1CC[C@]2(CCNC)CC[C@]3(C)C(CCC4[C@@]5(C)CC[C@H](OC(=O)CC(C)(C)CC(=O)O)C(C)(C)C5CC[C@]43C)C12. The normalized spacial score (nSPS) is 44.5. The summed E-state index contributed by atoms with van der Waals surface area (Å²) in [6.45, 7) is 24.5. The van der Waals surface area contributed by atoms with E-state index in [0.717, 1.165) is 31.2 Å². The van der Waals surface area contributed by atoms with Crippen LogP contribution in [0.1, 0.15) is 139 Å². The van der Waals surface area contributed by atoms with Crippen molar-refractivity contribution in [2.45, 2.75) is 145 Å². The van der Waals surface area contributed by atoms with E-state index in [9.17, 15) is 14.7 Å². The molecule has 5 aliphatic carbocycles. The van der Waals surface area contributed by atoms with Crippen molar-refractivity contribution in [3.8, 4) is 0 Å². The second-order valence-electron chi connectivity index (χ2n) is 18.7. The minimum absolute atomic E-state index is 0.0263. The summed E-state index contributed by atoms with van der Waals surface area (Å²) in [6, 6.07) is 0. The molecule has 4 unspecified atom stereocenters. The first-order valence-corrected chi connectivity index (χ1v) is 18.1. The van der Waals surface area contributed by atoms with Crippen molar-refractivity contribution < 1.29 is 19.4 Å². The van der Waals surface area contributed by atoms with Gasteiger partial charge in [0.25, 0.3) is 0 Å². The van der Waals surface area contributed by atoms with Gasteiger partial charge in [0.2, 0.25) is 0 Å². The number of fused-ring (bicyclic) bond motifs is 7. The number of allylic oxidation sites excluding steroid dienone is 1. The molecule has 5 aliphatic rings. The van der Waals surface area contributed by atoms with Crippen molar-refractivity contribution in [3.63, 3.8) is 0 Å². The van der Waals surface area contributed by atoms with Gasteiger partial charge in [-0.25, -0.2) is 0 Å². The van der Waals surface area contributed by atoms with Gasteiger partial charge >= 0.3 is 11.9 Å². The number of carbonyl (C=O) groups is 2. The highest BCUT2D eigenvalue weighted by molar-refractivity contribution is 5.73. The van der Waals surface area contributed by atoms with Crippen molar-refractivity contribution in [1.82, 2.24) is 5.32 Å². The molecule has 5 heteroatoms. The molecule has 0 saturated heterocycles. The number of ether oxygens (including phenoxy) is 1. The van der Waals surface area contributed by atoms with E-state index in [1.54, 1.807) is 0 Å². The molecule has 5 saturated carbocycles. The molecule has 250 valence electrons. The summed E-state index contributed by atoms with van der Waals surface area (Å²) in [5.41, 5.74) is 2.09. The van der Waals surface area contributed by atoms with Crippen molar-refractivity contribution in [2.75, 3.05) is 13.6 Å². The Balaban J connectivity index is 1.39. The summed E-state index contributed by atoms with van der Waals surface area (Å²) >= 11 is 0. The highest BCUT2D eigenvalue weighted by Crippen LogP contribution is 2.78. The average Bonchev–Trinajstić information content (AvgIpc) is 3.28. The smallest absolute Gasteiger partial charge is 0.306 e. The molecule has 5 nitrogen and oxygen atoms in total. The van der Waals surface area contributed by atoms with Crippen LogP contribution in [0.15, 0.2) is 12.2 Å². The monoisotopic (exact) mass is 611 g/mol. The van der Waals surface area contributed by atoms with Crippen LogP contribution in [0.3, 0.4) is 0 Å². The lowest BCUT2D eigenvalue weighted by Gasteiger charge is -2.73. The molecule has 0 aromatic rings. The van der Waals surface area contributed by atoms with Crippen molar-refractivity contribution in [1.29, 1.82) is 0 Å². The summed E-state index contributed by atoms with van der Waals surface area (Å²) in [5, 5.41) is 12.8. The zero-order chi connectivity index (χ0) is 32.5. The lowest BCUT2D eigenvalue weighted by Crippen LogP contribution is -2.66. The number of carboxylic acids is 1. The van der Waals surface area contributed by atoms with Crippen LogP contribution in [0.2, 0.25) is 0 Å². The van der Waals surface area contributed by atoms with Crippen LogP contribution in [0, 0.1) is 62.1 Å². The van der Waals surface area contributed by atoms with E-state index in [4.69, 9.17) is 4.74 Å². The van der Waals surface area contributed by atoms with Gasteiger partial charge in [0, 0.05) is 5.41 Å². The molecule has 2 N–H and O–H groups in total. The number of hydrogen-bond donors (Lipinski definition) is 2. The van der Waals surface area contributed by atoms with Gasteiger partial charge in [-0.1, -0.05) is 60.6 Å². The highest BCUT2D eigenvalue weighted by Gasteiger charge is 2.71. The van der Waals surface area contributed by atoms with Crippen molar-refractivity contribution in [3.05, 3.63) is 12.2 Å². The quantitative estimate of drug-likeness (QED) is 0.201. The number of hydrogen-bond acceptors (Lipinski definition) is 4. The highest BCUT2D eigenvalue weighted by atomic mass is 16.5. The fourth-order valence-corrected chi connectivity index (χ4v) is 13.3. The van der Waals surface area contributed by atoms with Crippen LogP contribution in [0.25, 0.3) is 0 Å². The third-order valence-corrected chi connectivity index (χ3v) is 15.6. The molecule has 0 bridgehead atoms. The van der Waals surface area contributed by atoms with Gasteiger partial charge in [0.05, 0.1) is 12.8 Å². The molecule has 0 spiro atoms. The van der Waals surface area contributed by atoms with Gasteiger partial charge in [-0.2, -0.15) is 0 Å². The summed E-state index contributed by atoms with van der Waals surface area (Å²) in [5.74, 6) is 2.32. The maximum Gasteiger partial charge on any atom is 0.306 e. The Morgan fingerprint density at radius 1 is 0.886 bits per heavy atom. The first-order chi connectivity index (χ1) is 20.4. The number of esters is 1. The summed E-state index contributed by atoms with van der Waals surface area (Å²) < 4.78 is 6.26. The third kappa shape index (κ3) is 5.22. The lowest BCUT2D eigenvalue weighted by atomic mass is 9.32. The molecule has 0 aromatic heterocycles. The Morgan fingerprint density at radius 3 is 2.23 bits per heavy atom. The van der Waals surface area contributed by atoms with Gasteiger partial charge in [-0.15, -0.1) is 0 Å². The van der Waals surface area contributed by atoms with Gasteiger partial charge in [0.1, 0.15) is 6.10 Å². The first kappa shape index (κ1) is 34.0. The van der Waals surface area contributed by atoms with Gasteiger partial charge < -0.3 is 15.2 Å². The molecule has 0 heterocycles. The van der Waals surface area contributed by atoms with Crippen LogP contribution in [-0.4, -0.2) is 36.7 Å². The topological polar surface area (TPSA) is 75.6 Å². The molecule has 5 rings (SSSR count). The molecular formula is C39H65NO4. The Bertz CT molecular complexity index is 1140. The summed E-state index contributed by atoms with van der Waals surface area (Å²) in [7, 11) is 2.12. The minimum atomic E-state index is -0.866. The second-order valence-corrected chi connectivity index (χ2v) is 18.7. The molecule has 0 radical (unpaired) electrons. The van der Waals surface area contributed by atoms with Gasteiger partial charge in [-0.3, -0.25) is 9.59 Å². The van der Waals surface area contributed by atoms with Gasteiger partial charge in [-0.05, 0) is 148 Å². The van der Waals surface area contributed by atoms with Crippen molar-refractivity contribution >= 4 is 11.9 Å². The van der Waals surface area contributed by atoms with Crippen LogP contribution in [0.4, 0.5) is 0 Å². The van der Waals surface area contributed by atoms with Gasteiger partial charge in [0.15, 0.2) is 0 Å². The number of nitrogens with one attached hydrogen (secondary N) is 1. The Hall–Kier alpha value is -1.36. The fourth-order valence-electron chi connectivity index (χ4n) is 13.3. The Morgan fingerprint density at radius 2 is 1.59 bits per heavy atom. The predicted molar refractivity (Wildman–Crippen MR) is 178 cm³/mol. The van der Waals surface area contributed by atoms with Crippen LogP contribution >= 0.6 is 0 Å². The van der Waals surface area contributed by atoms with E-state index in [1.807, 2.05) is 13.8 Å². The van der Waals surface area contributed by atoms with E-state index < -0.39 is 11.4 Å². The van der Waals surface area contributed by atoms with E-state index in [1.165, 1.54) is 63.4 Å². The Kier molecular flexibility index (Phi) is 8.81. The van der Waals surface area contributed by atoms with E-state index in [-0.39, 0.29) is 35.7 Å². The zero-order valence-electron chi connectivity index (χ0n) is 29.7. The maximum atomic E-state index is 13.1. The number of rotatable bonds is 9. The molecule has 44 heavy (non-hydrogen) atoms. The lowest BCUT2D eigenvalue weighted by molar-refractivity contribution is -0.250. The summed E-state index contributed by atoms with van der Waals surface area (Å²) in [6.07, 6.45) is 14.0. The standard InChI is InChI=1S/C39H65NO4/c1-25(2)26-13-18-39(21-22-40-10)20-19-37(8)27(33(26)39)11-12-29-36(7)16-15-30(35(5,6)28(36)14-17-38(29,37)9)44-32(43)24-34(3,4)23-31(41)42/h26-30,33,40H,1,11-24H2,2-10H3,(H,41,42)/t26-,27?,28?,29?,30-,33?,36-,37+,38+,39+/m0/s1. The molecule has 10 atom stereocenters. The zero-order valence-corrected chi connectivity index (χ0v) is 29.7. The largest absolute Gasteiger partial charge is 0.481 e. The Labute approximate surface area is 269 Å².